The molecule has 2 heterocycles. The number of benzene rings is 1. The second-order valence-electron chi connectivity index (χ2n) is 4.91. The van der Waals surface area contributed by atoms with Crippen LogP contribution in [0.4, 0.5) is 8.78 Å². The van der Waals surface area contributed by atoms with E-state index in [2.05, 4.69) is 10.1 Å². The Morgan fingerprint density at radius 2 is 2.10 bits per heavy atom. The van der Waals surface area contributed by atoms with Gasteiger partial charge in [0.2, 0.25) is 0 Å². The Hall–Kier alpha value is -1.95. The van der Waals surface area contributed by atoms with Crippen molar-refractivity contribution in [1.29, 1.82) is 0 Å². The van der Waals surface area contributed by atoms with E-state index in [1.165, 1.54) is 6.07 Å². The van der Waals surface area contributed by atoms with Crippen LogP contribution in [-0.2, 0) is 13.6 Å². The normalized spacial score (nSPS) is 13.0. The Kier molecular flexibility index (Phi) is 3.41. The first-order valence-electron chi connectivity index (χ1n) is 6.43. The summed E-state index contributed by atoms with van der Waals surface area (Å²) < 4.78 is 30.7. The lowest BCUT2D eigenvalue weighted by atomic mass is 10.3. The van der Waals surface area contributed by atoms with Crippen molar-refractivity contribution in [3.05, 3.63) is 47.5 Å². The van der Waals surface area contributed by atoms with Crippen LogP contribution in [0.1, 0.15) is 23.8 Å². The molecule has 110 valence electrons. The Bertz CT molecular complexity index is 807. The van der Waals surface area contributed by atoms with E-state index in [0.29, 0.717) is 17.9 Å². The minimum absolute atomic E-state index is 0.120. The molecule has 21 heavy (non-hydrogen) atoms. The lowest BCUT2D eigenvalue weighted by molar-refractivity contribution is 0.590. The Labute approximate surface area is 125 Å². The molecule has 0 aliphatic heterocycles. The zero-order valence-electron chi connectivity index (χ0n) is 11.5. The number of fused-ring (bicyclic) bond motifs is 1. The van der Waals surface area contributed by atoms with Crippen molar-refractivity contribution in [2.45, 2.75) is 18.8 Å². The molecule has 0 aliphatic rings. The molecule has 0 N–H and O–H groups in total. The van der Waals surface area contributed by atoms with E-state index >= 15 is 0 Å². The summed E-state index contributed by atoms with van der Waals surface area (Å²) in [7, 11) is 1.81. The number of alkyl halides is 1. The van der Waals surface area contributed by atoms with Gasteiger partial charge < -0.3 is 4.57 Å². The molecule has 4 nitrogen and oxygen atoms in total. The number of aryl methyl sites for hydroxylation is 1. The minimum Gasteiger partial charge on any atom is -0.320 e. The fourth-order valence-corrected chi connectivity index (χ4v) is 2.51. The zero-order chi connectivity index (χ0) is 15.1. The summed E-state index contributed by atoms with van der Waals surface area (Å²) in [5.41, 5.74) is 1.26. The largest absolute Gasteiger partial charge is 0.320 e. The molecular formula is C14H13ClF2N4. The molecule has 7 heteroatoms. The van der Waals surface area contributed by atoms with Gasteiger partial charge in [-0.05, 0) is 19.1 Å². The molecule has 0 saturated carbocycles. The number of halogens is 3. The quantitative estimate of drug-likeness (QED) is 0.695. The molecule has 3 rings (SSSR count). The second kappa shape index (κ2) is 5.11. The molecule has 0 amide bonds. The Balaban J connectivity index is 2.20. The minimum atomic E-state index is -0.691. The molecule has 1 unspecified atom stereocenters. The lowest BCUT2D eigenvalue weighted by Gasteiger charge is -2.09. The first kappa shape index (κ1) is 14.0. The van der Waals surface area contributed by atoms with Gasteiger partial charge in [-0.3, -0.25) is 4.68 Å². The number of aromatic nitrogens is 4. The monoisotopic (exact) mass is 310 g/mol. The number of imidazole rings is 1. The predicted molar refractivity (Wildman–Crippen MR) is 76.2 cm³/mol. The zero-order valence-corrected chi connectivity index (χ0v) is 12.3. The van der Waals surface area contributed by atoms with Gasteiger partial charge in [0.25, 0.3) is 0 Å². The molecule has 0 fully saturated rings. The third kappa shape index (κ3) is 2.51. The van der Waals surface area contributed by atoms with E-state index in [0.717, 1.165) is 11.8 Å². The highest BCUT2D eigenvalue weighted by molar-refractivity contribution is 6.20. The van der Waals surface area contributed by atoms with Crippen molar-refractivity contribution >= 4 is 22.6 Å². The predicted octanol–water partition coefficient (Wildman–Crippen LogP) is 3.40. The summed E-state index contributed by atoms with van der Waals surface area (Å²) in [6.07, 6.45) is 1.80. The van der Waals surface area contributed by atoms with Crippen LogP contribution in [0.2, 0.25) is 0 Å². The third-order valence-corrected chi connectivity index (χ3v) is 3.44. The molecule has 0 radical (unpaired) electrons. The number of hydrogen-bond donors (Lipinski definition) is 0. The number of rotatable bonds is 3. The molecule has 0 saturated heterocycles. The first-order valence-corrected chi connectivity index (χ1v) is 6.87. The fraction of sp³-hybridized carbons (Fsp3) is 0.286. The highest BCUT2D eigenvalue weighted by atomic mass is 35.5. The molecular weight excluding hydrogens is 298 g/mol. The van der Waals surface area contributed by atoms with E-state index in [1.807, 2.05) is 6.07 Å². The van der Waals surface area contributed by atoms with Gasteiger partial charge in [-0.2, -0.15) is 5.10 Å². The van der Waals surface area contributed by atoms with Gasteiger partial charge in [-0.25, -0.2) is 13.8 Å². The standard InChI is InChI=1S/C14H13ClF2N4/c1-8(15)14-18-13-11(17)5-9(16)6-12(13)21(14)7-10-3-4-20(2)19-10/h3-6,8H,7H2,1-2H3. The number of hydrogen-bond acceptors (Lipinski definition) is 2. The van der Waals surface area contributed by atoms with Crippen LogP contribution in [-0.4, -0.2) is 19.3 Å². The molecule has 2 aromatic heterocycles. The third-order valence-electron chi connectivity index (χ3n) is 3.25. The molecule has 0 spiro atoms. The molecule has 1 aromatic carbocycles. The van der Waals surface area contributed by atoms with Crippen LogP contribution < -0.4 is 0 Å². The summed E-state index contributed by atoms with van der Waals surface area (Å²) >= 11 is 6.12. The van der Waals surface area contributed by atoms with E-state index < -0.39 is 17.0 Å². The van der Waals surface area contributed by atoms with Gasteiger partial charge in [0.05, 0.1) is 23.1 Å². The van der Waals surface area contributed by atoms with Crippen molar-refractivity contribution < 1.29 is 8.78 Å². The van der Waals surface area contributed by atoms with Gasteiger partial charge in [-0.1, -0.05) is 0 Å². The van der Waals surface area contributed by atoms with Crippen LogP contribution in [0.5, 0.6) is 0 Å². The van der Waals surface area contributed by atoms with Gasteiger partial charge in [0.1, 0.15) is 17.2 Å². The van der Waals surface area contributed by atoms with E-state index in [-0.39, 0.29) is 5.52 Å². The van der Waals surface area contributed by atoms with Crippen molar-refractivity contribution in [2.75, 3.05) is 0 Å². The smallest absolute Gasteiger partial charge is 0.153 e. The van der Waals surface area contributed by atoms with Crippen molar-refractivity contribution in [1.82, 2.24) is 19.3 Å². The van der Waals surface area contributed by atoms with E-state index in [4.69, 9.17) is 11.6 Å². The van der Waals surface area contributed by atoms with Crippen LogP contribution in [0.15, 0.2) is 24.4 Å². The summed E-state index contributed by atoms with van der Waals surface area (Å²) in [5.74, 6) is -0.846. The Morgan fingerprint density at radius 1 is 1.33 bits per heavy atom. The van der Waals surface area contributed by atoms with Crippen LogP contribution in [0, 0.1) is 11.6 Å². The molecule has 0 bridgehead atoms. The van der Waals surface area contributed by atoms with Crippen LogP contribution in [0.25, 0.3) is 11.0 Å². The molecule has 3 aromatic rings. The number of nitrogens with zero attached hydrogens (tertiary/aromatic N) is 4. The molecule has 1 atom stereocenters. The highest BCUT2D eigenvalue weighted by Crippen LogP contribution is 2.27. The first-order chi connectivity index (χ1) is 9.95. The van der Waals surface area contributed by atoms with Gasteiger partial charge in [0, 0.05) is 19.3 Å². The van der Waals surface area contributed by atoms with Crippen molar-refractivity contribution in [3.63, 3.8) is 0 Å². The average Bonchev–Trinajstić information content (AvgIpc) is 2.95. The van der Waals surface area contributed by atoms with E-state index in [1.54, 1.807) is 29.4 Å². The summed E-state index contributed by atoms with van der Waals surface area (Å²) in [5, 5.41) is 3.85. The van der Waals surface area contributed by atoms with Gasteiger partial charge >= 0.3 is 0 Å². The topological polar surface area (TPSA) is 35.6 Å². The van der Waals surface area contributed by atoms with Crippen LogP contribution in [0.3, 0.4) is 0 Å². The highest BCUT2D eigenvalue weighted by Gasteiger charge is 2.19. The Morgan fingerprint density at radius 3 is 2.71 bits per heavy atom. The maximum Gasteiger partial charge on any atom is 0.153 e. The van der Waals surface area contributed by atoms with Crippen molar-refractivity contribution in [2.24, 2.45) is 7.05 Å². The van der Waals surface area contributed by atoms with Crippen LogP contribution >= 0.6 is 11.6 Å². The maximum atomic E-state index is 13.9. The lowest BCUT2D eigenvalue weighted by Crippen LogP contribution is -2.07. The maximum absolute atomic E-state index is 13.9. The summed E-state index contributed by atoms with van der Waals surface area (Å²) in [4.78, 5) is 4.21. The second-order valence-corrected chi connectivity index (χ2v) is 5.56. The average molecular weight is 311 g/mol. The fourth-order valence-electron chi connectivity index (χ4n) is 2.35. The van der Waals surface area contributed by atoms with E-state index in [9.17, 15) is 8.78 Å². The van der Waals surface area contributed by atoms with Crippen molar-refractivity contribution in [3.8, 4) is 0 Å². The van der Waals surface area contributed by atoms with Gasteiger partial charge in [0.15, 0.2) is 5.82 Å². The summed E-state index contributed by atoms with van der Waals surface area (Å²) in [6, 6.07) is 3.92. The summed E-state index contributed by atoms with van der Waals surface area (Å²) in [6.45, 7) is 2.10. The molecule has 0 aliphatic carbocycles. The SMILES string of the molecule is CC(Cl)c1nc2c(F)cc(F)cc2n1Cc1ccn(C)n1. The van der Waals surface area contributed by atoms with Gasteiger partial charge in [-0.15, -0.1) is 11.6 Å².